The van der Waals surface area contributed by atoms with E-state index in [1.54, 1.807) is 24.3 Å². The number of ketones is 1. The van der Waals surface area contributed by atoms with Crippen LogP contribution in [0.3, 0.4) is 0 Å². The molecule has 2 aromatic carbocycles. The summed E-state index contributed by atoms with van der Waals surface area (Å²) in [6, 6.07) is 10.9. The Kier molecular flexibility index (Phi) is 6.75. The molecule has 4 rings (SSSR count). The normalized spacial score (nSPS) is 21.8. The van der Waals surface area contributed by atoms with E-state index in [0.29, 0.717) is 12.0 Å². The summed E-state index contributed by atoms with van der Waals surface area (Å²) in [6.07, 6.45) is 4.18. The number of amides is 3. The van der Waals surface area contributed by atoms with Gasteiger partial charge in [-0.05, 0) is 42.7 Å². The van der Waals surface area contributed by atoms with Gasteiger partial charge in [0.05, 0.1) is 21.9 Å². The van der Waals surface area contributed by atoms with Crippen molar-refractivity contribution in [3.05, 3.63) is 80.3 Å². The number of benzene rings is 2. The first kappa shape index (κ1) is 23.7. The van der Waals surface area contributed by atoms with Gasteiger partial charge >= 0.3 is 0 Å². The summed E-state index contributed by atoms with van der Waals surface area (Å²) in [7, 11) is 0. The third-order valence-corrected chi connectivity index (χ3v) is 7.22. The number of nitrogens with zero attached hydrogens (tertiary/aromatic N) is 2. The molecule has 3 atom stereocenters. The van der Waals surface area contributed by atoms with Crippen LogP contribution in [0.1, 0.15) is 34.1 Å². The standard InChI is InChI=1S/C24H19BrCl2N2O4/c1-13-3-2-4-17-21(13)24(33)29(23(17)32)28(12-20(30)14-5-8-16(25)9-6-14)22(31)15-7-10-18(26)19(27)11-15/h2-3,5-11,13,17,21H,4,12H2,1H3/t13-,17+,21+/m0/s1. The van der Waals surface area contributed by atoms with E-state index in [0.717, 1.165) is 14.5 Å². The molecule has 0 bridgehead atoms. The highest BCUT2D eigenvalue weighted by molar-refractivity contribution is 9.10. The summed E-state index contributed by atoms with van der Waals surface area (Å²) < 4.78 is 0.790. The molecule has 0 radical (unpaired) electrons. The molecule has 1 heterocycles. The highest BCUT2D eigenvalue weighted by Crippen LogP contribution is 2.39. The summed E-state index contributed by atoms with van der Waals surface area (Å²) in [4.78, 5) is 53.2. The lowest BCUT2D eigenvalue weighted by molar-refractivity contribution is -0.154. The molecule has 0 spiro atoms. The van der Waals surface area contributed by atoms with Crippen LogP contribution >= 0.6 is 39.1 Å². The molecule has 9 heteroatoms. The lowest BCUT2D eigenvalue weighted by atomic mass is 9.78. The molecule has 0 saturated carbocycles. The number of imide groups is 1. The average molecular weight is 550 g/mol. The Morgan fingerprint density at radius 2 is 1.70 bits per heavy atom. The minimum atomic E-state index is -0.694. The molecule has 2 aliphatic rings. The van der Waals surface area contributed by atoms with Crippen LogP contribution in [0.15, 0.2) is 59.1 Å². The fourth-order valence-electron chi connectivity index (χ4n) is 4.24. The molecule has 2 aromatic rings. The van der Waals surface area contributed by atoms with Crippen molar-refractivity contribution < 1.29 is 19.2 Å². The number of Topliss-reactive ketones (excluding diaryl/α,β-unsaturated/α-hetero) is 1. The molecule has 1 fully saturated rings. The number of carbonyl (C=O) groups excluding carboxylic acids is 4. The predicted octanol–water partition coefficient (Wildman–Crippen LogP) is 5.19. The zero-order valence-corrected chi connectivity index (χ0v) is 20.6. The van der Waals surface area contributed by atoms with E-state index >= 15 is 0 Å². The molecule has 6 nitrogen and oxygen atoms in total. The minimum Gasteiger partial charge on any atom is -0.292 e. The van der Waals surface area contributed by atoms with Gasteiger partial charge in [-0.3, -0.25) is 19.2 Å². The maximum Gasteiger partial charge on any atom is 0.273 e. The van der Waals surface area contributed by atoms with Gasteiger partial charge < -0.3 is 0 Å². The second-order valence-electron chi connectivity index (χ2n) is 8.07. The van der Waals surface area contributed by atoms with Crippen molar-refractivity contribution in [3.63, 3.8) is 0 Å². The molecule has 1 saturated heterocycles. The van der Waals surface area contributed by atoms with Crippen molar-refractivity contribution in [1.82, 2.24) is 10.0 Å². The number of allylic oxidation sites excluding steroid dienone is 2. The van der Waals surface area contributed by atoms with Crippen molar-refractivity contribution in [3.8, 4) is 0 Å². The quantitative estimate of drug-likeness (QED) is 0.292. The van der Waals surface area contributed by atoms with Gasteiger partial charge in [0.15, 0.2) is 5.78 Å². The van der Waals surface area contributed by atoms with Crippen molar-refractivity contribution in [2.45, 2.75) is 13.3 Å². The Morgan fingerprint density at radius 1 is 1.03 bits per heavy atom. The highest BCUT2D eigenvalue weighted by atomic mass is 79.9. The first-order chi connectivity index (χ1) is 15.7. The SMILES string of the molecule is C[C@H]1C=CC[C@H]2C(=O)N(N(CC(=O)c3ccc(Br)cc3)C(=O)c3ccc(Cl)c(Cl)c3)C(=O)[C@H]12. The topological polar surface area (TPSA) is 74.8 Å². The van der Waals surface area contributed by atoms with Crippen LogP contribution in [0.2, 0.25) is 10.0 Å². The van der Waals surface area contributed by atoms with Gasteiger partial charge in [-0.1, -0.05) is 70.3 Å². The molecule has 0 aromatic heterocycles. The summed E-state index contributed by atoms with van der Waals surface area (Å²) >= 11 is 15.4. The van der Waals surface area contributed by atoms with E-state index in [2.05, 4.69) is 15.9 Å². The Labute approximate surface area is 209 Å². The lowest BCUT2D eigenvalue weighted by Crippen LogP contribution is -2.52. The maximum atomic E-state index is 13.5. The highest BCUT2D eigenvalue weighted by Gasteiger charge is 2.53. The molecular formula is C24H19BrCl2N2O4. The van der Waals surface area contributed by atoms with Crippen LogP contribution in [0, 0.1) is 17.8 Å². The Balaban J connectivity index is 1.72. The molecule has 1 aliphatic carbocycles. The predicted molar refractivity (Wildman–Crippen MR) is 128 cm³/mol. The number of fused-ring (bicyclic) bond motifs is 1. The number of halogens is 3. The second kappa shape index (κ2) is 9.41. The van der Waals surface area contributed by atoms with Gasteiger partial charge in [-0.25, -0.2) is 5.01 Å². The Morgan fingerprint density at radius 3 is 2.33 bits per heavy atom. The van der Waals surface area contributed by atoms with Gasteiger partial charge in [0.2, 0.25) is 0 Å². The van der Waals surface area contributed by atoms with Crippen molar-refractivity contribution >= 4 is 62.6 Å². The first-order valence-electron chi connectivity index (χ1n) is 10.3. The largest absolute Gasteiger partial charge is 0.292 e. The average Bonchev–Trinajstić information content (AvgIpc) is 3.05. The monoisotopic (exact) mass is 548 g/mol. The summed E-state index contributed by atoms with van der Waals surface area (Å²) in [5.41, 5.74) is 0.450. The van der Waals surface area contributed by atoms with Gasteiger partial charge in [0.1, 0.15) is 6.54 Å². The van der Waals surface area contributed by atoms with E-state index < -0.39 is 41.9 Å². The number of carbonyl (C=O) groups is 4. The second-order valence-corrected chi connectivity index (χ2v) is 9.80. The van der Waals surface area contributed by atoms with Crippen molar-refractivity contribution in [2.75, 3.05) is 6.54 Å². The maximum absolute atomic E-state index is 13.5. The van der Waals surface area contributed by atoms with Crippen LogP contribution in [0.25, 0.3) is 0 Å². The van der Waals surface area contributed by atoms with Crippen LogP contribution < -0.4 is 0 Å². The van der Waals surface area contributed by atoms with E-state index in [9.17, 15) is 19.2 Å². The van der Waals surface area contributed by atoms with Gasteiger partial charge in [-0.15, -0.1) is 0 Å². The molecular weight excluding hydrogens is 531 g/mol. The van der Waals surface area contributed by atoms with Crippen LogP contribution in [0.4, 0.5) is 0 Å². The number of rotatable bonds is 5. The fraction of sp³-hybridized carbons (Fsp3) is 0.250. The Bertz CT molecular complexity index is 1180. The van der Waals surface area contributed by atoms with Crippen molar-refractivity contribution in [2.24, 2.45) is 17.8 Å². The van der Waals surface area contributed by atoms with E-state index in [1.807, 2.05) is 19.1 Å². The zero-order chi connectivity index (χ0) is 23.9. The minimum absolute atomic E-state index is 0.106. The molecule has 170 valence electrons. The Hall–Kier alpha value is -2.48. The lowest BCUT2D eigenvalue weighted by Gasteiger charge is -2.30. The van der Waals surface area contributed by atoms with Crippen LogP contribution in [-0.2, 0) is 9.59 Å². The van der Waals surface area contributed by atoms with Crippen molar-refractivity contribution in [1.29, 1.82) is 0 Å². The summed E-state index contributed by atoms with van der Waals surface area (Å²) in [5.74, 6) is -3.39. The number of hydrogen-bond donors (Lipinski definition) is 0. The van der Waals surface area contributed by atoms with E-state index in [-0.39, 0.29) is 21.5 Å². The third kappa shape index (κ3) is 4.50. The number of hydrogen-bond acceptors (Lipinski definition) is 4. The number of hydrazine groups is 1. The molecule has 0 unspecified atom stereocenters. The smallest absolute Gasteiger partial charge is 0.273 e. The summed E-state index contributed by atoms with van der Waals surface area (Å²) in [5, 5.41) is 2.18. The fourth-order valence-corrected chi connectivity index (χ4v) is 4.81. The molecule has 0 N–H and O–H groups in total. The molecule has 3 amide bonds. The van der Waals surface area contributed by atoms with E-state index in [4.69, 9.17) is 23.2 Å². The third-order valence-electron chi connectivity index (χ3n) is 5.95. The molecule has 1 aliphatic heterocycles. The first-order valence-corrected chi connectivity index (χ1v) is 11.8. The van der Waals surface area contributed by atoms with Gasteiger partial charge in [0, 0.05) is 15.6 Å². The van der Waals surface area contributed by atoms with Gasteiger partial charge in [0.25, 0.3) is 17.7 Å². The molecule has 33 heavy (non-hydrogen) atoms. The van der Waals surface area contributed by atoms with Crippen LogP contribution in [-0.4, -0.2) is 40.1 Å². The summed E-state index contributed by atoms with van der Waals surface area (Å²) in [6.45, 7) is 1.37. The zero-order valence-electron chi connectivity index (χ0n) is 17.5. The van der Waals surface area contributed by atoms with Gasteiger partial charge in [-0.2, -0.15) is 5.01 Å². The van der Waals surface area contributed by atoms with Crippen LogP contribution in [0.5, 0.6) is 0 Å². The van der Waals surface area contributed by atoms with E-state index in [1.165, 1.54) is 18.2 Å².